The second-order valence-corrected chi connectivity index (χ2v) is 6.26. The van der Waals surface area contributed by atoms with E-state index >= 15 is 0 Å². The van der Waals surface area contributed by atoms with Gasteiger partial charge in [0, 0.05) is 13.1 Å². The zero-order valence-corrected chi connectivity index (χ0v) is 15.5. The number of H-pyrrole nitrogens is 1. The fourth-order valence-electron chi connectivity index (χ4n) is 2.73. The van der Waals surface area contributed by atoms with E-state index in [2.05, 4.69) is 15.3 Å². The second-order valence-electron chi connectivity index (χ2n) is 6.26. The van der Waals surface area contributed by atoms with E-state index in [0.29, 0.717) is 30.3 Å². The largest absolute Gasteiger partial charge is 0.493 e. The van der Waals surface area contributed by atoms with Gasteiger partial charge in [-0.1, -0.05) is 18.2 Å². The summed E-state index contributed by atoms with van der Waals surface area (Å²) in [7, 11) is 1.62. The number of nitrogens with one attached hydrogen (secondary N) is 2. The maximum absolute atomic E-state index is 10.1. The van der Waals surface area contributed by atoms with Gasteiger partial charge in [-0.15, -0.1) is 0 Å². The van der Waals surface area contributed by atoms with Crippen molar-refractivity contribution in [3.63, 3.8) is 0 Å². The summed E-state index contributed by atoms with van der Waals surface area (Å²) >= 11 is 0. The van der Waals surface area contributed by atoms with Crippen molar-refractivity contribution in [2.24, 2.45) is 0 Å². The van der Waals surface area contributed by atoms with Crippen LogP contribution in [0.4, 0.5) is 0 Å². The third-order valence-corrected chi connectivity index (χ3v) is 4.05. The Morgan fingerprint density at radius 2 is 1.85 bits per heavy atom. The smallest absolute Gasteiger partial charge is 0.161 e. The van der Waals surface area contributed by atoms with Crippen molar-refractivity contribution in [3.05, 3.63) is 48.8 Å². The van der Waals surface area contributed by atoms with Crippen LogP contribution in [0.3, 0.4) is 0 Å². The topological polar surface area (TPSA) is 88.6 Å². The molecule has 3 rings (SSSR count). The first-order chi connectivity index (χ1) is 13.2. The van der Waals surface area contributed by atoms with Crippen LogP contribution in [0.1, 0.15) is 6.92 Å². The summed E-state index contributed by atoms with van der Waals surface area (Å²) < 4.78 is 16.9. The summed E-state index contributed by atoms with van der Waals surface area (Å²) in [6.07, 6.45) is 0.906. The van der Waals surface area contributed by atoms with Gasteiger partial charge in [-0.2, -0.15) is 0 Å². The average molecular weight is 371 g/mol. The molecule has 0 saturated heterocycles. The Morgan fingerprint density at radius 3 is 2.67 bits per heavy atom. The van der Waals surface area contributed by atoms with Crippen molar-refractivity contribution in [2.45, 2.75) is 19.1 Å². The summed E-state index contributed by atoms with van der Waals surface area (Å²) in [6, 6.07) is 13.2. The van der Waals surface area contributed by atoms with Gasteiger partial charge in [-0.25, -0.2) is 4.98 Å². The first kappa shape index (κ1) is 19.0. The molecule has 0 spiro atoms. The minimum Gasteiger partial charge on any atom is -0.493 e. The number of aliphatic hydroxyl groups excluding tert-OH is 1. The number of para-hydroxylation sites is 3. The third-order valence-electron chi connectivity index (χ3n) is 4.05. The minimum absolute atomic E-state index is 0.0766. The van der Waals surface area contributed by atoms with Crippen molar-refractivity contribution in [2.75, 3.05) is 26.8 Å². The van der Waals surface area contributed by atoms with Gasteiger partial charge in [0.05, 0.1) is 19.0 Å². The van der Waals surface area contributed by atoms with Crippen molar-refractivity contribution in [3.8, 4) is 17.2 Å². The lowest BCUT2D eigenvalue weighted by atomic mass is 10.3. The molecule has 1 aromatic heterocycles. The van der Waals surface area contributed by atoms with E-state index < -0.39 is 6.10 Å². The van der Waals surface area contributed by atoms with Crippen LogP contribution in [0, 0.1) is 0 Å². The Morgan fingerprint density at radius 1 is 1.07 bits per heavy atom. The number of ether oxygens (including phenoxy) is 3. The summed E-state index contributed by atoms with van der Waals surface area (Å²) in [4.78, 5) is 7.26. The lowest BCUT2D eigenvalue weighted by molar-refractivity contribution is 0.103. The van der Waals surface area contributed by atoms with E-state index in [4.69, 9.17) is 14.2 Å². The normalized spacial score (nSPS) is 13.3. The zero-order valence-electron chi connectivity index (χ0n) is 15.5. The number of nitrogens with zero attached hydrogens (tertiary/aromatic N) is 1. The van der Waals surface area contributed by atoms with Crippen molar-refractivity contribution in [1.82, 2.24) is 15.3 Å². The molecule has 0 aliphatic carbocycles. The summed E-state index contributed by atoms with van der Waals surface area (Å²) in [5.74, 6) is 2.05. The number of fused-ring (bicyclic) bond motifs is 1. The van der Waals surface area contributed by atoms with Crippen LogP contribution in [0.2, 0.25) is 0 Å². The highest BCUT2D eigenvalue weighted by Gasteiger charge is 2.11. The number of aromatic nitrogens is 2. The van der Waals surface area contributed by atoms with E-state index in [-0.39, 0.29) is 12.7 Å². The summed E-state index contributed by atoms with van der Waals surface area (Å²) in [6.45, 7) is 3.13. The molecule has 2 unspecified atom stereocenters. The van der Waals surface area contributed by atoms with Gasteiger partial charge < -0.3 is 29.6 Å². The number of hydrogen-bond acceptors (Lipinski definition) is 6. The molecule has 0 radical (unpaired) electrons. The molecule has 144 valence electrons. The molecule has 3 N–H and O–H groups in total. The Kier molecular flexibility index (Phi) is 6.51. The van der Waals surface area contributed by atoms with Crippen LogP contribution in [0.25, 0.3) is 11.0 Å². The van der Waals surface area contributed by atoms with Gasteiger partial charge in [0.2, 0.25) is 0 Å². The van der Waals surface area contributed by atoms with Crippen LogP contribution >= 0.6 is 0 Å². The molecule has 27 heavy (non-hydrogen) atoms. The fourth-order valence-corrected chi connectivity index (χ4v) is 2.73. The molecule has 7 heteroatoms. The number of rotatable bonds is 10. The third kappa shape index (κ3) is 5.12. The molecule has 0 saturated carbocycles. The molecule has 0 bridgehead atoms. The molecule has 0 amide bonds. The lowest BCUT2D eigenvalue weighted by Gasteiger charge is -2.18. The maximum Gasteiger partial charge on any atom is 0.161 e. The average Bonchev–Trinajstić information content (AvgIpc) is 3.16. The Hall–Kier alpha value is -2.77. The number of aromatic amines is 1. The van der Waals surface area contributed by atoms with Crippen LogP contribution < -0.4 is 19.5 Å². The van der Waals surface area contributed by atoms with Gasteiger partial charge in [0.1, 0.15) is 30.1 Å². The predicted molar refractivity (Wildman–Crippen MR) is 104 cm³/mol. The fraction of sp³-hybridized carbons (Fsp3) is 0.350. The van der Waals surface area contributed by atoms with Crippen LogP contribution in [-0.4, -0.2) is 54.1 Å². The van der Waals surface area contributed by atoms with Crippen LogP contribution in [-0.2, 0) is 0 Å². The van der Waals surface area contributed by atoms with Gasteiger partial charge in [-0.05, 0) is 31.2 Å². The van der Waals surface area contributed by atoms with Gasteiger partial charge in [0.25, 0.3) is 0 Å². The number of benzene rings is 2. The summed E-state index contributed by atoms with van der Waals surface area (Å²) in [5, 5.41) is 13.3. The molecule has 0 aliphatic heterocycles. The molecule has 2 atom stereocenters. The highest BCUT2D eigenvalue weighted by Crippen LogP contribution is 2.26. The van der Waals surface area contributed by atoms with Gasteiger partial charge >= 0.3 is 0 Å². The predicted octanol–water partition coefficient (Wildman–Crippen LogP) is 2.37. The van der Waals surface area contributed by atoms with Crippen molar-refractivity contribution >= 4 is 11.0 Å². The van der Waals surface area contributed by atoms with E-state index in [1.54, 1.807) is 13.4 Å². The van der Waals surface area contributed by atoms with Crippen molar-refractivity contribution < 1.29 is 19.3 Å². The Bertz CT molecular complexity index is 852. The number of imidazole rings is 1. The molecule has 3 aromatic rings. The highest BCUT2D eigenvalue weighted by molar-refractivity contribution is 5.81. The van der Waals surface area contributed by atoms with E-state index in [1.165, 1.54) is 0 Å². The number of aliphatic hydroxyl groups is 1. The molecular formula is C20H25N3O4. The quantitative estimate of drug-likeness (QED) is 0.507. The van der Waals surface area contributed by atoms with Crippen LogP contribution in [0.5, 0.6) is 17.2 Å². The molecule has 7 nitrogen and oxygen atoms in total. The molecule has 2 aromatic carbocycles. The second kappa shape index (κ2) is 9.25. The standard InChI is InChI=1S/C20H25N3O4/c1-14(27-18-8-4-3-7-17(18)25-2)10-21-11-15(24)12-26-19-9-5-6-16-20(19)23-13-22-16/h3-9,13-15,21,24H,10-12H2,1-2H3,(H,22,23). The Balaban J connectivity index is 1.40. The van der Waals surface area contributed by atoms with Gasteiger partial charge in [-0.3, -0.25) is 0 Å². The first-order valence-corrected chi connectivity index (χ1v) is 8.90. The molecule has 0 aliphatic rings. The zero-order chi connectivity index (χ0) is 19.1. The van der Waals surface area contributed by atoms with Crippen LogP contribution in [0.15, 0.2) is 48.8 Å². The highest BCUT2D eigenvalue weighted by atomic mass is 16.5. The SMILES string of the molecule is COc1ccccc1OC(C)CNCC(O)COc1cccc2[nH]cnc12. The monoisotopic (exact) mass is 371 g/mol. The molecule has 0 fully saturated rings. The van der Waals surface area contributed by atoms with Gasteiger partial charge in [0.15, 0.2) is 11.5 Å². The lowest BCUT2D eigenvalue weighted by Crippen LogP contribution is -2.36. The number of methoxy groups -OCH3 is 1. The Labute approximate surface area is 158 Å². The summed E-state index contributed by atoms with van der Waals surface area (Å²) in [5.41, 5.74) is 1.67. The maximum atomic E-state index is 10.1. The first-order valence-electron chi connectivity index (χ1n) is 8.90. The number of hydrogen-bond donors (Lipinski definition) is 3. The minimum atomic E-state index is -0.641. The van der Waals surface area contributed by atoms with E-state index in [9.17, 15) is 5.11 Å². The molecule has 1 heterocycles. The van der Waals surface area contributed by atoms with E-state index in [1.807, 2.05) is 49.4 Å². The van der Waals surface area contributed by atoms with Crippen molar-refractivity contribution in [1.29, 1.82) is 0 Å². The van der Waals surface area contributed by atoms with E-state index in [0.717, 1.165) is 11.0 Å². The molecular weight excluding hydrogens is 346 g/mol.